The molecule has 0 aliphatic heterocycles. The minimum Gasteiger partial charge on any atom is -0.245 e. The van der Waals surface area contributed by atoms with Gasteiger partial charge in [-0.15, -0.1) is 11.3 Å². The van der Waals surface area contributed by atoms with Gasteiger partial charge in [0.1, 0.15) is 4.83 Å². The van der Waals surface area contributed by atoms with Crippen LogP contribution in [-0.4, -0.2) is 29.9 Å². The first-order valence-electron chi connectivity index (χ1n) is 18.0. The van der Waals surface area contributed by atoms with E-state index in [2.05, 4.69) is 103 Å². The quantitative estimate of drug-likeness (QED) is 0.163. The van der Waals surface area contributed by atoms with E-state index in [0.29, 0.717) is 23.3 Å². The lowest BCUT2D eigenvalue weighted by Crippen LogP contribution is -2.00. The Morgan fingerprint density at radius 1 is 0.327 bits per heavy atom. The van der Waals surface area contributed by atoms with E-state index in [-0.39, 0.29) is 0 Å². The van der Waals surface area contributed by atoms with Crippen molar-refractivity contribution in [2.45, 2.75) is 0 Å². The normalized spacial score (nSPS) is 11.3. The van der Waals surface area contributed by atoms with Gasteiger partial charge in [0.2, 0.25) is 0 Å². The maximum absolute atomic E-state index is 5.13. The highest BCUT2D eigenvalue weighted by atomic mass is 32.1. The van der Waals surface area contributed by atoms with Crippen LogP contribution < -0.4 is 0 Å². The van der Waals surface area contributed by atoms with E-state index >= 15 is 0 Å². The first-order chi connectivity index (χ1) is 27.2. The molecule has 0 fully saturated rings. The molecule has 0 amide bonds. The number of pyridine rings is 1. The summed E-state index contributed by atoms with van der Waals surface area (Å²) in [4.78, 5) is 31.0. The third-order valence-electron chi connectivity index (χ3n) is 9.62. The van der Waals surface area contributed by atoms with Crippen molar-refractivity contribution in [2.24, 2.45) is 0 Å². The molecule has 0 N–H and O–H groups in total. The van der Waals surface area contributed by atoms with Crippen LogP contribution in [0.3, 0.4) is 0 Å². The smallest absolute Gasteiger partial charge is 0.164 e. The molecule has 258 valence electrons. The molecule has 0 spiro atoms. The molecule has 6 nitrogen and oxygen atoms in total. The molecular formula is C48H30N6S. The number of nitrogens with zero attached hydrogens (tertiary/aromatic N) is 6. The summed E-state index contributed by atoms with van der Waals surface area (Å²) >= 11 is 1.63. The number of aromatic nitrogens is 6. The van der Waals surface area contributed by atoms with Crippen molar-refractivity contribution in [2.75, 3.05) is 0 Å². The van der Waals surface area contributed by atoms with Gasteiger partial charge >= 0.3 is 0 Å². The number of hydrogen-bond donors (Lipinski definition) is 0. The first kappa shape index (κ1) is 32.4. The summed E-state index contributed by atoms with van der Waals surface area (Å²) in [6.07, 6.45) is 1.94. The Hall–Kier alpha value is -7.22. The second-order valence-electron chi connectivity index (χ2n) is 13.2. The molecule has 0 saturated carbocycles. The first-order valence-corrected chi connectivity index (χ1v) is 18.8. The van der Waals surface area contributed by atoms with Gasteiger partial charge in [-0.2, -0.15) is 0 Å². The predicted molar refractivity (Wildman–Crippen MR) is 224 cm³/mol. The summed E-state index contributed by atoms with van der Waals surface area (Å²) in [5.41, 5.74) is 10.9. The van der Waals surface area contributed by atoms with E-state index in [1.54, 1.807) is 11.3 Å². The van der Waals surface area contributed by atoms with Crippen molar-refractivity contribution in [1.29, 1.82) is 0 Å². The van der Waals surface area contributed by atoms with Crippen molar-refractivity contribution >= 4 is 31.8 Å². The van der Waals surface area contributed by atoms with Crippen molar-refractivity contribution in [3.05, 3.63) is 182 Å². The van der Waals surface area contributed by atoms with Crippen LogP contribution >= 0.6 is 11.3 Å². The third kappa shape index (κ3) is 6.33. The van der Waals surface area contributed by atoms with Gasteiger partial charge in [-0.25, -0.2) is 29.9 Å². The Morgan fingerprint density at radius 3 is 1.40 bits per heavy atom. The second-order valence-corrected chi connectivity index (χ2v) is 14.2. The maximum atomic E-state index is 5.13. The highest BCUT2D eigenvalue weighted by Crippen LogP contribution is 2.40. The fourth-order valence-electron chi connectivity index (χ4n) is 6.83. The van der Waals surface area contributed by atoms with Crippen molar-refractivity contribution in [1.82, 2.24) is 29.9 Å². The SMILES string of the molecule is c1ccc(-c2cccc(-c3nc(-c4ccccc4)nc(-c4ccc(-c5cnc6sc7c(-c8ccccc8)nc(-c8ccccc8)nc7c6c5)cc4)n3)c2)cc1. The fourth-order valence-corrected chi connectivity index (χ4v) is 7.90. The summed E-state index contributed by atoms with van der Waals surface area (Å²) in [7, 11) is 0. The molecule has 0 aliphatic rings. The molecule has 0 atom stereocenters. The van der Waals surface area contributed by atoms with Crippen LogP contribution in [0, 0.1) is 0 Å². The predicted octanol–water partition coefficient (Wildman–Crippen LogP) is 12.1. The lowest BCUT2D eigenvalue weighted by atomic mass is 10.0. The standard InChI is InChI=1S/C48H30N6S/c1-5-14-31(15-6-1)37-22-13-23-38(28-37)47-53-45(35-20-11-4-12-21-35)52-46(54-47)36-26-24-32(25-27-36)39-29-40-42-43(55-48(40)49-30-39)41(33-16-7-2-8-17-33)50-44(51-42)34-18-9-3-10-19-34/h1-30H. The van der Waals surface area contributed by atoms with Crippen LogP contribution in [-0.2, 0) is 0 Å². The van der Waals surface area contributed by atoms with Gasteiger partial charge in [0.25, 0.3) is 0 Å². The van der Waals surface area contributed by atoms with E-state index < -0.39 is 0 Å². The van der Waals surface area contributed by atoms with Gasteiger partial charge in [0.05, 0.1) is 15.9 Å². The fraction of sp³-hybridized carbons (Fsp3) is 0. The van der Waals surface area contributed by atoms with Crippen molar-refractivity contribution in [3.63, 3.8) is 0 Å². The molecular weight excluding hydrogens is 693 g/mol. The molecule has 0 unspecified atom stereocenters. The van der Waals surface area contributed by atoms with Crippen LogP contribution in [0.25, 0.3) is 99.5 Å². The molecule has 0 saturated heterocycles. The molecule has 10 rings (SSSR count). The molecule has 4 aromatic heterocycles. The van der Waals surface area contributed by atoms with E-state index in [9.17, 15) is 0 Å². The van der Waals surface area contributed by atoms with Gasteiger partial charge in [-0.1, -0.05) is 164 Å². The average molecular weight is 723 g/mol. The number of thiophene rings is 1. The molecule has 6 aromatic carbocycles. The molecule has 7 heteroatoms. The highest BCUT2D eigenvalue weighted by molar-refractivity contribution is 7.25. The zero-order valence-corrected chi connectivity index (χ0v) is 30.2. The monoisotopic (exact) mass is 722 g/mol. The summed E-state index contributed by atoms with van der Waals surface area (Å²) < 4.78 is 1.02. The van der Waals surface area contributed by atoms with Gasteiger partial charge in [-0.3, -0.25) is 0 Å². The van der Waals surface area contributed by atoms with E-state index in [0.717, 1.165) is 76.2 Å². The van der Waals surface area contributed by atoms with Crippen LogP contribution in [0.4, 0.5) is 0 Å². The van der Waals surface area contributed by atoms with Crippen molar-refractivity contribution < 1.29 is 0 Å². The van der Waals surface area contributed by atoms with Gasteiger partial charge in [-0.05, 0) is 28.8 Å². The molecule has 0 radical (unpaired) electrons. The van der Waals surface area contributed by atoms with E-state index in [1.807, 2.05) is 79.0 Å². The molecule has 10 aromatic rings. The summed E-state index contributed by atoms with van der Waals surface area (Å²) in [5, 5.41) is 1.01. The number of benzene rings is 6. The van der Waals surface area contributed by atoms with E-state index in [4.69, 9.17) is 29.9 Å². The summed E-state index contributed by atoms with van der Waals surface area (Å²) in [6.45, 7) is 0. The van der Waals surface area contributed by atoms with Crippen LogP contribution in [0.2, 0.25) is 0 Å². The van der Waals surface area contributed by atoms with Crippen LogP contribution in [0.1, 0.15) is 0 Å². The average Bonchev–Trinajstić information content (AvgIpc) is 3.65. The Bertz CT molecular complexity index is 2950. The maximum Gasteiger partial charge on any atom is 0.164 e. The Labute approximate surface area is 321 Å². The lowest BCUT2D eigenvalue weighted by Gasteiger charge is -2.10. The van der Waals surface area contributed by atoms with E-state index in [1.165, 1.54) is 0 Å². The Balaban J connectivity index is 1.05. The largest absolute Gasteiger partial charge is 0.245 e. The zero-order valence-electron chi connectivity index (χ0n) is 29.4. The molecule has 0 bridgehead atoms. The van der Waals surface area contributed by atoms with Gasteiger partial charge in [0, 0.05) is 45.0 Å². The third-order valence-corrected chi connectivity index (χ3v) is 10.7. The highest BCUT2D eigenvalue weighted by Gasteiger charge is 2.18. The summed E-state index contributed by atoms with van der Waals surface area (Å²) in [6, 6.07) is 59.8. The number of hydrogen-bond acceptors (Lipinski definition) is 7. The topological polar surface area (TPSA) is 77.3 Å². The summed E-state index contributed by atoms with van der Waals surface area (Å²) in [5.74, 6) is 2.55. The zero-order chi connectivity index (χ0) is 36.6. The van der Waals surface area contributed by atoms with Gasteiger partial charge in [0.15, 0.2) is 23.3 Å². The Kier molecular flexibility index (Phi) is 8.24. The van der Waals surface area contributed by atoms with Crippen LogP contribution in [0.15, 0.2) is 182 Å². The molecule has 0 aliphatic carbocycles. The Morgan fingerprint density at radius 2 is 0.782 bits per heavy atom. The number of rotatable bonds is 7. The molecule has 4 heterocycles. The molecule has 55 heavy (non-hydrogen) atoms. The lowest BCUT2D eigenvalue weighted by molar-refractivity contribution is 1.07. The van der Waals surface area contributed by atoms with Crippen molar-refractivity contribution in [3.8, 4) is 79.1 Å². The van der Waals surface area contributed by atoms with Crippen LogP contribution in [0.5, 0.6) is 0 Å². The minimum atomic E-state index is 0.608. The minimum absolute atomic E-state index is 0.608. The number of fused-ring (bicyclic) bond motifs is 3. The second kappa shape index (κ2) is 14.0. The van der Waals surface area contributed by atoms with Gasteiger partial charge < -0.3 is 0 Å².